The van der Waals surface area contributed by atoms with Crippen molar-refractivity contribution in [3.05, 3.63) is 89.7 Å². The number of halogens is 1. The van der Waals surface area contributed by atoms with Crippen LogP contribution in [0.1, 0.15) is 24.5 Å². The second kappa shape index (κ2) is 12.6. The molecule has 3 rings (SSSR count). The Bertz CT molecular complexity index is 1340. The van der Waals surface area contributed by atoms with Crippen molar-refractivity contribution in [1.82, 2.24) is 10.2 Å². The van der Waals surface area contributed by atoms with Crippen molar-refractivity contribution in [1.29, 1.82) is 0 Å². The second-order valence-electron chi connectivity index (χ2n) is 8.71. The van der Waals surface area contributed by atoms with E-state index in [0.29, 0.717) is 12.2 Å². The Morgan fingerprint density at radius 3 is 2.11 bits per heavy atom. The Kier molecular flexibility index (Phi) is 9.46. The average molecular weight is 542 g/mol. The van der Waals surface area contributed by atoms with E-state index in [-0.39, 0.29) is 23.0 Å². The highest BCUT2D eigenvalue weighted by Gasteiger charge is 2.33. The van der Waals surface area contributed by atoms with Crippen LogP contribution in [0.3, 0.4) is 0 Å². The fraction of sp³-hybridized carbons (Fsp3) is 0.286. The predicted octanol–water partition coefficient (Wildman–Crippen LogP) is 3.89. The fourth-order valence-corrected chi connectivity index (χ4v) is 5.40. The largest absolute Gasteiger partial charge is 0.497 e. The molecule has 1 atom stereocenters. The first-order chi connectivity index (χ1) is 18.1. The lowest BCUT2D eigenvalue weighted by molar-refractivity contribution is -0.140. The van der Waals surface area contributed by atoms with E-state index in [9.17, 15) is 22.4 Å². The van der Waals surface area contributed by atoms with Crippen LogP contribution in [0, 0.1) is 12.7 Å². The first-order valence-electron chi connectivity index (χ1n) is 12.1. The summed E-state index contributed by atoms with van der Waals surface area (Å²) in [5.74, 6) is -0.864. The zero-order chi connectivity index (χ0) is 27.9. The van der Waals surface area contributed by atoms with Crippen LogP contribution in [0.5, 0.6) is 5.75 Å². The van der Waals surface area contributed by atoms with Crippen LogP contribution in [-0.2, 0) is 26.2 Å². The molecule has 0 unspecified atom stereocenters. The molecule has 0 saturated carbocycles. The van der Waals surface area contributed by atoms with Crippen LogP contribution in [-0.4, -0.2) is 51.9 Å². The lowest BCUT2D eigenvalue weighted by atomic mass is 10.1. The van der Waals surface area contributed by atoms with E-state index in [1.807, 2.05) is 6.92 Å². The van der Waals surface area contributed by atoms with Gasteiger partial charge in [0.25, 0.3) is 10.0 Å². The SMILES string of the molecule is CC[C@@H](C(=O)NC)N(Cc1ccc(OC)cc1)C(=O)CN(c1ccc(F)cc1)S(=O)(=O)c1ccc(C)cc1. The molecule has 8 nitrogen and oxygen atoms in total. The molecule has 0 aromatic heterocycles. The maximum atomic E-state index is 13.8. The van der Waals surface area contributed by atoms with Gasteiger partial charge in [-0.25, -0.2) is 12.8 Å². The number of rotatable bonds is 11. The predicted molar refractivity (Wildman–Crippen MR) is 144 cm³/mol. The van der Waals surface area contributed by atoms with Crippen molar-refractivity contribution in [3.63, 3.8) is 0 Å². The van der Waals surface area contributed by atoms with Gasteiger partial charge in [0.15, 0.2) is 0 Å². The van der Waals surface area contributed by atoms with Gasteiger partial charge in [-0.05, 0) is 67.4 Å². The standard InChI is InChI=1S/C28H32FN3O5S/c1-5-26(28(34)30-3)31(18-21-8-14-24(37-4)15-9-21)27(33)19-32(23-12-10-22(29)11-13-23)38(35,36)25-16-6-20(2)7-17-25/h6-17,26H,5,18-19H2,1-4H3,(H,30,34)/t26-/m0/s1. The van der Waals surface area contributed by atoms with E-state index < -0.39 is 34.3 Å². The Balaban J connectivity index is 2.03. The molecule has 0 radical (unpaired) electrons. The number of nitrogens with zero attached hydrogens (tertiary/aromatic N) is 2. The monoisotopic (exact) mass is 541 g/mol. The van der Waals surface area contributed by atoms with Gasteiger partial charge < -0.3 is 15.0 Å². The van der Waals surface area contributed by atoms with Crippen molar-refractivity contribution in [2.45, 2.75) is 37.8 Å². The van der Waals surface area contributed by atoms with Crippen molar-refractivity contribution in [2.75, 3.05) is 25.0 Å². The molecule has 0 aliphatic heterocycles. The first-order valence-corrected chi connectivity index (χ1v) is 13.5. The van der Waals surface area contributed by atoms with Gasteiger partial charge in [0, 0.05) is 13.6 Å². The van der Waals surface area contributed by atoms with Gasteiger partial charge in [0.2, 0.25) is 11.8 Å². The normalized spacial score (nSPS) is 11.9. The Hall–Kier alpha value is -3.92. The minimum Gasteiger partial charge on any atom is -0.497 e. The summed E-state index contributed by atoms with van der Waals surface area (Å²) in [5.41, 5.74) is 1.73. The molecule has 0 fully saturated rings. The van der Waals surface area contributed by atoms with Crippen LogP contribution < -0.4 is 14.4 Å². The fourth-order valence-electron chi connectivity index (χ4n) is 3.99. The van der Waals surface area contributed by atoms with Crippen LogP contribution >= 0.6 is 0 Å². The summed E-state index contributed by atoms with van der Waals surface area (Å²) >= 11 is 0. The summed E-state index contributed by atoms with van der Waals surface area (Å²) in [4.78, 5) is 27.9. The number of anilines is 1. The molecular weight excluding hydrogens is 509 g/mol. The lowest BCUT2D eigenvalue weighted by Gasteiger charge is -2.33. The number of carbonyl (C=O) groups is 2. The molecule has 0 spiro atoms. The molecule has 3 aromatic rings. The smallest absolute Gasteiger partial charge is 0.264 e. The highest BCUT2D eigenvalue weighted by molar-refractivity contribution is 7.92. The third-order valence-corrected chi connectivity index (χ3v) is 7.93. The number of sulfonamides is 1. The molecule has 10 heteroatoms. The van der Waals surface area contributed by atoms with Gasteiger partial charge in [-0.3, -0.25) is 13.9 Å². The number of hydrogen-bond acceptors (Lipinski definition) is 5. The Morgan fingerprint density at radius 2 is 1.58 bits per heavy atom. The van der Waals surface area contributed by atoms with Crippen molar-refractivity contribution >= 4 is 27.5 Å². The van der Waals surface area contributed by atoms with Gasteiger partial charge in [-0.2, -0.15) is 0 Å². The Morgan fingerprint density at radius 1 is 0.974 bits per heavy atom. The number of nitrogens with one attached hydrogen (secondary N) is 1. The molecule has 0 bridgehead atoms. The number of likely N-dealkylation sites (N-methyl/N-ethyl adjacent to an activating group) is 1. The number of amides is 2. The minimum atomic E-state index is -4.21. The van der Waals surface area contributed by atoms with Crippen LogP contribution in [0.2, 0.25) is 0 Å². The van der Waals surface area contributed by atoms with Crippen molar-refractivity contribution < 1.29 is 27.1 Å². The van der Waals surface area contributed by atoms with Gasteiger partial charge in [0.1, 0.15) is 24.2 Å². The van der Waals surface area contributed by atoms with Crippen LogP contribution in [0.15, 0.2) is 77.7 Å². The van der Waals surface area contributed by atoms with E-state index in [4.69, 9.17) is 4.74 Å². The zero-order valence-electron chi connectivity index (χ0n) is 21.8. The minimum absolute atomic E-state index is 0.0136. The van der Waals surface area contributed by atoms with E-state index in [1.165, 1.54) is 36.2 Å². The molecule has 0 heterocycles. The highest BCUT2D eigenvalue weighted by Crippen LogP contribution is 2.25. The second-order valence-corrected chi connectivity index (χ2v) is 10.6. The molecule has 38 heavy (non-hydrogen) atoms. The molecule has 202 valence electrons. The van der Waals surface area contributed by atoms with Crippen molar-refractivity contribution in [2.24, 2.45) is 0 Å². The molecule has 0 saturated heterocycles. The molecule has 1 N–H and O–H groups in total. The summed E-state index contributed by atoms with van der Waals surface area (Å²) in [6, 6.07) is 17.3. The lowest BCUT2D eigenvalue weighted by Crippen LogP contribution is -2.51. The van der Waals surface area contributed by atoms with Gasteiger partial charge in [0.05, 0.1) is 17.7 Å². The molecule has 0 aliphatic carbocycles. The third-order valence-electron chi connectivity index (χ3n) is 6.15. The first kappa shape index (κ1) is 28.6. The van der Waals surface area contributed by atoms with Gasteiger partial charge in [-0.1, -0.05) is 36.8 Å². The van der Waals surface area contributed by atoms with E-state index >= 15 is 0 Å². The average Bonchev–Trinajstić information content (AvgIpc) is 2.92. The molecule has 3 aromatic carbocycles. The van der Waals surface area contributed by atoms with E-state index in [0.717, 1.165) is 27.6 Å². The molecule has 0 aliphatic rings. The number of methoxy groups -OCH3 is 1. The highest BCUT2D eigenvalue weighted by atomic mass is 32.2. The van der Waals surface area contributed by atoms with Gasteiger partial charge in [-0.15, -0.1) is 0 Å². The van der Waals surface area contributed by atoms with Gasteiger partial charge >= 0.3 is 0 Å². The number of hydrogen-bond donors (Lipinski definition) is 1. The Labute approximate surface area is 223 Å². The summed E-state index contributed by atoms with van der Waals surface area (Å²) in [6.07, 6.45) is 0.308. The topological polar surface area (TPSA) is 96.0 Å². The van der Waals surface area contributed by atoms with Crippen molar-refractivity contribution in [3.8, 4) is 5.75 Å². The number of carbonyl (C=O) groups excluding carboxylic acids is 2. The maximum Gasteiger partial charge on any atom is 0.264 e. The summed E-state index contributed by atoms with van der Waals surface area (Å²) in [5, 5.41) is 2.58. The summed E-state index contributed by atoms with van der Waals surface area (Å²) < 4.78 is 47.3. The summed E-state index contributed by atoms with van der Waals surface area (Å²) in [7, 11) is -1.18. The number of aryl methyl sites for hydroxylation is 1. The number of benzene rings is 3. The summed E-state index contributed by atoms with van der Waals surface area (Å²) in [6.45, 7) is 3.08. The van der Waals surface area contributed by atoms with E-state index in [1.54, 1.807) is 50.4 Å². The quantitative estimate of drug-likeness (QED) is 0.397. The number of ether oxygens (including phenoxy) is 1. The molecule has 2 amide bonds. The zero-order valence-corrected chi connectivity index (χ0v) is 22.7. The van der Waals surface area contributed by atoms with Crippen LogP contribution in [0.4, 0.5) is 10.1 Å². The van der Waals surface area contributed by atoms with Crippen LogP contribution in [0.25, 0.3) is 0 Å². The van der Waals surface area contributed by atoms with E-state index in [2.05, 4.69) is 5.32 Å². The maximum absolute atomic E-state index is 13.8. The third kappa shape index (κ3) is 6.69. The molecular formula is C28H32FN3O5S.